The van der Waals surface area contributed by atoms with Crippen LogP contribution >= 0.6 is 0 Å². The summed E-state index contributed by atoms with van der Waals surface area (Å²) in [6.07, 6.45) is 4.82. The Labute approximate surface area is 122 Å². The van der Waals surface area contributed by atoms with E-state index in [1.54, 1.807) is 4.90 Å². The van der Waals surface area contributed by atoms with E-state index in [-0.39, 0.29) is 5.91 Å². The van der Waals surface area contributed by atoms with Crippen LogP contribution < -0.4 is 5.32 Å². The van der Waals surface area contributed by atoms with Gasteiger partial charge < -0.3 is 10.2 Å². The van der Waals surface area contributed by atoms with Crippen molar-refractivity contribution in [3.63, 3.8) is 0 Å². The van der Waals surface area contributed by atoms with Gasteiger partial charge in [-0.3, -0.25) is 14.8 Å². The number of halogens is 1. The van der Waals surface area contributed by atoms with Crippen molar-refractivity contribution in [3.05, 3.63) is 35.9 Å². The lowest BCUT2D eigenvalue weighted by atomic mass is 10.0. The summed E-state index contributed by atoms with van der Waals surface area (Å²) in [6.45, 7) is 1.34. The molecule has 5 nitrogen and oxygen atoms in total. The number of nitrogens with one attached hydrogen (secondary N) is 1. The molecule has 21 heavy (non-hydrogen) atoms. The Hall–Kier alpha value is -2.08. The molecule has 1 fully saturated rings. The van der Waals surface area contributed by atoms with Gasteiger partial charge in [0.05, 0.1) is 11.1 Å². The SMILES string of the molecule is CNC1CCN(C(=O)c2cc(F)cc3nccnc23)CC1. The number of rotatable bonds is 2. The van der Waals surface area contributed by atoms with Gasteiger partial charge in [-0.05, 0) is 26.0 Å². The molecule has 1 aliphatic heterocycles. The van der Waals surface area contributed by atoms with Crippen LogP contribution in [0.1, 0.15) is 23.2 Å². The Balaban J connectivity index is 1.91. The van der Waals surface area contributed by atoms with Crippen molar-refractivity contribution in [3.8, 4) is 0 Å². The number of benzene rings is 1. The van der Waals surface area contributed by atoms with Gasteiger partial charge >= 0.3 is 0 Å². The molecule has 6 heteroatoms. The van der Waals surface area contributed by atoms with Crippen molar-refractivity contribution in [1.82, 2.24) is 20.2 Å². The standard InChI is InChI=1S/C15H17FN4O/c1-17-11-2-6-20(7-3-11)15(21)12-8-10(16)9-13-14(12)19-5-4-18-13/h4-5,8-9,11,17H,2-3,6-7H2,1H3. The fourth-order valence-corrected chi connectivity index (χ4v) is 2.75. The highest BCUT2D eigenvalue weighted by molar-refractivity contribution is 6.04. The zero-order valence-electron chi connectivity index (χ0n) is 11.8. The first-order valence-corrected chi connectivity index (χ1v) is 7.06. The molecule has 0 unspecified atom stereocenters. The molecule has 3 rings (SSSR count). The molecular formula is C15H17FN4O. The van der Waals surface area contributed by atoms with Crippen molar-refractivity contribution in [2.75, 3.05) is 20.1 Å². The summed E-state index contributed by atoms with van der Waals surface area (Å²) in [5.41, 5.74) is 1.16. The number of carbonyl (C=O) groups excluding carboxylic acids is 1. The number of fused-ring (bicyclic) bond motifs is 1. The topological polar surface area (TPSA) is 58.1 Å². The molecule has 2 heterocycles. The summed E-state index contributed by atoms with van der Waals surface area (Å²) in [5, 5.41) is 3.22. The minimum atomic E-state index is -0.462. The molecule has 1 aromatic heterocycles. The number of likely N-dealkylation sites (tertiary alicyclic amines) is 1. The molecule has 0 atom stereocenters. The van der Waals surface area contributed by atoms with Gasteiger partial charge in [0.15, 0.2) is 0 Å². The molecule has 2 aromatic rings. The van der Waals surface area contributed by atoms with Crippen LogP contribution in [-0.4, -0.2) is 47.0 Å². The van der Waals surface area contributed by atoms with E-state index in [1.807, 2.05) is 7.05 Å². The van der Waals surface area contributed by atoms with Crippen molar-refractivity contribution in [2.45, 2.75) is 18.9 Å². The van der Waals surface area contributed by atoms with Gasteiger partial charge in [0.25, 0.3) is 5.91 Å². The number of nitrogens with zero attached hydrogens (tertiary/aromatic N) is 3. The minimum absolute atomic E-state index is 0.172. The number of carbonyl (C=O) groups is 1. The van der Waals surface area contributed by atoms with Gasteiger partial charge in [0.1, 0.15) is 11.3 Å². The maximum absolute atomic E-state index is 13.7. The summed E-state index contributed by atoms with van der Waals surface area (Å²) >= 11 is 0. The van der Waals surface area contributed by atoms with E-state index in [9.17, 15) is 9.18 Å². The zero-order valence-corrected chi connectivity index (χ0v) is 11.8. The molecule has 1 N–H and O–H groups in total. The quantitative estimate of drug-likeness (QED) is 0.912. The van der Waals surface area contributed by atoms with E-state index in [0.717, 1.165) is 12.8 Å². The molecule has 110 valence electrons. The van der Waals surface area contributed by atoms with Crippen molar-refractivity contribution < 1.29 is 9.18 Å². The molecule has 0 radical (unpaired) electrons. The number of aromatic nitrogens is 2. The van der Waals surface area contributed by atoms with Gasteiger partial charge in [-0.1, -0.05) is 0 Å². The number of hydrogen-bond donors (Lipinski definition) is 1. The second kappa shape index (κ2) is 5.73. The molecule has 0 saturated carbocycles. The van der Waals surface area contributed by atoms with E-state index in [2.05, 4.69) is 15.3 Å². The summed E-state index contributed by atoms with van der Waals surface area (Å²) < 4.78 is 13.7. The Kier molecular flexibility index (Phi) is 3.79. The lowest BCUT2D eigenvalue weighted by Gasteiger charge is -2.32. The van der Waals surface area contributed by atoms with Gasteiger partial charge in [-0.2, -0.15) is 0 Å². The first-order chi connectivity index (χ1) is 10.2. The van der Waals surface area contributed by atoms with E-state index in [0.29, 0.717) is 35.7 Å². The van der Waals surface area contributed by atoms with Crippen LogP contribution in [-0.2, 0) is 0 Å². The van der Waals surface area contributed by atoms with Crippen LogP contribution in [0.15, 0.2) is 24.5 Å². The largest absolute Gasteiger partial charge is 0.338 e. The third-order valence-electron chi connectivity index (χ3n) is 3.96. The maximum atomic E-state index is 13.7. The molecule has 1 amide bonds. The van der Waals surface area contributed by atoms with E-state index in [4.69, 9.17) is 0 Å². The average Bonchev–Trinajstić information content (AvgIpc) is 2.53. The van der Waals surface area contributed by atoms with Crippen LogP contribution in [0, 0.1) is 5.82 Å². The molecule has 1 aromatic carbocycles. The van der Waals surface area contributed by atoms with E-state index >= 15 is 0 Å². The van der Waals surface area contributed by atoms with Crippen molar-refractivity contribution >= 4 is 16.9 Å². The first-order valence-electron chi connectivity index (χ1n) is 7.06. The highest BCUT2D eigenvalue weighted by Gasteiger charge is 2.24. The summed E-state index contributed by atoms with van der Waals surface area (Å²) in [7, 11) is 1.93. The normalized spacial score (nSPS) is 16.4. The molecular weight excluding hydrogens is 271 g/mol. The summed E-state index contributed by atoms with van der Waals surface area (Å²) in [6, 6.07) is 2.99. The number of piperidine rings is 1. The molecule has 1 saturated heterocycles. The predicted molar refractivity (Wildman–Crippen MR) is 77.5 cm³/mol. The molecule has 0 bridgehead atoms. The Bertz CT molecular complexity index is 668. The third kappa shape index (κ3) is 2.71. The van der Waals surface area contributed by atoms with Gasteiger partial charge in [-0.25, -0.2) is 4.39 Å². The smallest absolute Gasteiger partial charge is 0.256 e. The lowest BCUT2D eigenvalue weighted by Crippen LogP contribution is -2.44. The second-order valence-electron chi connectivity index (χ2n) is 5.23. The fourth-order valence-electron chi connectivity index (χ4n) is 2.75. The predicted octanol–water partition coefficient (Wildman–Crippen LogP) is 1.59. The van der Waals surface area contributed by atoms with Crippen LogP contribution in [0.25, 0.3) is 11.0 Å². The zero-order chi connectivity index (χ0) is 14.8. The van der Waals surface area contributed by atoms with Gasteiger partial charge in [0, 0.05) is 37.6 Å². The van der Waals surface area contributed by atoms with Crippen LogP contribution in [0.3, 0.4) is 0 Å². The highest BCUT2D eigenvalue weighted by atomic mass is 19.1. The summed E-state index contributed by atoms with van der Waals surface area (Å²) in [5.74, 6) is -0.633. The van der Waals surface area contributed by atoms with Gasteiger partial charge in [0.2, 0.25) is 0 Å². The van der Waals surface area contributed by atoms with Crippen molar-refractivity contribution in [1.29, 1.82) is 0 Å². The Morgan fingerprint density at radius 2 is 2.00 bits per heavy atom. The molecule has 0 aliphatic carbocycles. The van der Waals surface area contributed by atoms with Crippen LogP contribution in [0.5, 0.6) is 0 Å². The van der Waals surface area contributed by atoms with Crippen LogP contribution in [0.2, 0.25) is 0 Å². The van der Waals surface area contributed by atoms with Crippen LogP contribution in [0.4, 0.5) is 4.39 Å². The lowest BCUT2D eigenvalue weighted by molar-refractivity contribution is 0.0708. The fraction of sp³-hybridized carbons (Fsp3) is 0.400. The summed E-state index contributed by atoms with van der Waals surface area (Å²) in [4.78, 5) is 22.6. The molecule has 1 aliphatic rings. The van der Waals surface area contributed by atoms with E-state index in [1.165, 1.54) is 24.5 Å². The molecule has 0 spiro atoms. The third-order valence-corrected chi connectivity index (χ3v) is 3.96. The monoisotopic (exact) mass is 288 g/mol. The first kappa shape index (κ1) is 13.9. The number of hydrogen-bond acceptors (Lipinski definition) is 4. The van der Waals surface area contributed by atoms with E-state index < -0.39 is 5.82 Å². The maximum Gasteiger partial charge on any atom is 0.256 e. The number of amides is 1. The Morgan fingerprint density at radius 3 is 2.71 bits per heavy atom. The van der Waals surface area contributed by atoms with Crippen molar-refractivity contribution in [2.24, 2.45) is 0 Å². The average molecular weight is 288 g/mol. The van der Waals surface area contributed by atoms with Gasteiger partial charge in [-0.15, -0.1) is 0 Å². The Morgan fingerprint density at radius 1 is 1.29 bits per heavy atom. The second-order valence-corrected chi connectivity index (χ2v) is 5.23. The minimum Gasteiger partial charge on any atom is -0.338 e. The highest BCUT2D eigenvalue weighted by Crippen LogP contribution is 2.20.